The van der Waals surface area contributed by atoms with Crippen LogP contribution in [0, 0.1) is 11.7 Å². The third-order valence-electron chi connectivity index (χ3n) is 3.18. The lowest BCUT2D eigenvalue weighted by Gasteiger charge is -2.24. The molecule has 0 saturated carbocycles. The molecule has 0 aromatic heterocycles. The van der Waals surface area contributed by atoms with Crippen LogP contribution in [0.5, 0.6) is 0 Å². The molecule has 118 valence electrons. The summed E-state index contributed by atoms with van der Waals surface area (Å²) in [6.45, 7) is 6.63. The van der Waals surface area contributed by atoms with E-state index in [1.807, 2.05) is 6.92 Å². The van der Waals surface area contributed by atoms with Crippen LogP contribution in [0.15, 0.2) is 36.4 Å². The minimum Gasteiger partial charge on any atom is -0.478 e. The summed E-state index contributed by atoms with van der Waals surface area (Å²) in [6, 6.07) is 5.21. The average molecular weight is 307 g/mol. The number of imide groups is 1. The summed E-state index contributed by atoms with van der Waals surface area (Å²) < 4.78 is 14.0. The van der Waals surface area contributed by atoms with Crippen molar-refractivity contribution in [1.82, 2.24) is 0 Å². The van der Waals surface area contributed by atoms with Crippen molar-refractivity contribution in [3.05, 3.63) is 42.2 Å². The number of carbonyl (C=O) groups is 3. The van der Waals surface area contributed by atoms with Crippen LogP contribution in [0.1, 0.15) is 26.7 Å². The van der Waals surface area contributed by atoms with E-state index in [9.17, 15) is 18.8 Å². The maximum atomic E-state index is 14.0. The molecule has 0 radical (unpaired) electrons. The highest BCUT2D eigenvalue weighted by Gasteiger charge is 2.32. The Kier molecular flexibility index (Phi) is 5.98. The molecule has 0 saturated heterocycles. The van der Waals surface area contributed by atoms with E-state index in [-0.39, 0.29) is 5.69 Å². The van der Waals surface area contributed by atoms with Crippen LogP contribution in [0.3, 0.4) is 0 Å². The van der Waals surface area contributed by atoms with Gasteiger partial charge < -0.3 is 5.11 Å². The van der Waals surface area contributed by atoms with Gasteiger partial charge in [0.15, 0.2) is 0 Å². The highest BCUT2D eigenvalue weighted by atomic mass is 19.1. The Balaban J connectivity index is 3.30. The number of hydrogen-bond donors (Lipinski definition) is 1. The second-order valence-electron chi connectivity index (χ2n) is 4.90. The van der Waals surface area contributed by atoms with Crippen molar-refractivity contribution in [2.24, 2.45) is 5.92 Å². The van der Waals surface area contributed by atoms with Crippen LogP contribution >= 0.6 is 0 Å². The number of aliphatic carboxylic acids is 1. The van der Waals surface area contributed by atoms with Crippen molar-refractivity contribution < 1.29 is 23.9 Å². The molecule has 0 bridgehead atoms. The van der Waals surface area contributed by atoms with Gasteiger partial charge in [0.1, 0.15) is 11.4 Å². The average Bonchev–Trinajstić information content (AvgIpc) is 2.48. The molecule has 0 aliphatic heterocycles. The predicted molar refractivity (Wildman–Crippen MR) is 79.7 cm³/mol. The Morgan fingerprint density at radius 3 is 2.41 bits per heavy atom. The Morgan fingerprint density at radius 2 is 1.91 bits per heavy atom. The fourth-order valence-corrected chi connectivity index (χ4v) is 1.96. The molecule has 1 aromatic carbocycles. The highest BCUT2D eigenvalue weighted by Crippen LogP contribution is 2.24. The van der Waals surface area contributed by atoms with Gasteiger partial charge in [-0.05, 0) is 18.6 Å². The summed E-state index contributed by atoms with van der Waals surface area (Å²) in [7, 11) is 0. The van der Waals surface area contributed by atoms with Crippen molar-refractivity contribution in [3.63, 3.8) is 0 Å². The van der Waals surface area contributed by atoms with Gasteiger partial charge in [-0.1, -0.05) is 39.0 Å². The number of rotatable bonds is 6. The number of anilines is 1. The maximum Gasteiger partial charge on any atom is 0.340 e. The summed E-state index contributed by atoms with van der Waals surface area (Å²) >= 11 is 0. The molecule has 0 aliphatic carbocycles. The molecule has 2 amide bonds. The largest absolute Gasteiger partial charge is 0.478 e. The third-order valence-corrected chi connectivity index (χ3v) is 3.18. The van der Waals surface area contributed by atoms with E-state index in [2.05, 4.69) is 6.58 Å². The molecule has 1 unspecified atom stereocenters. The van der Waals surface area contributed by atoms with Crippen molar-refractivity contribution in [2.45, 2.75) is 26.7 Å². The SMILES string of the molecule is C=C(C(=O)O)C(=O)N(C(=O)C(C)CCC)c1ccccc1F. The molecule has 5 nitrogen and oxygen atoms in total. The molecule has 1 rings (SSSR count). The van der Waals surface area contributed by atoms with E-state index in [1.54, 1.807) is 6.92 Å². The zero-order valence-electron chi connectivity index (χ0n) is 12.5. The van der Waals surface area contributed by atoms with Gasteiger partial charge in [0.2, 0.25) is 5.91 Å². The molecule has 0 fully saturated rings. The molecule has 22 heavy (non-hydrogen) atoms. The molecule has 1 aromatic rings. The van der Waals surface area contributed by atoms with E-state index in [0.29, 0.717) is 17.7 Å². The fourth-order valence-electron chi connectivity index (χ4n) is 1.96. The van der Waals surface area contributed by atoms with E-state index in [0.717, 1.165) is 6.07 Å². The Morgan fingerprint density at radius 1 is 1.32 bits per heavy atom. The number of nitrogens with zero attached hydrogens (tertiary/aromatic N) is 1. The number of amides is 2. The van der Waals surface area contributed by atoms with Gasteiger partial charge in [-0.2, -0.15) is 0 Å². The minimum atomic E-state index is -1.55. The zero-order valence-corrected chi connectivity index (χ0v) is 12.5. The summed E-state index contributed by atoms with van der Waals surface area (Å²) in [5, 5.41) is 8.89. The molecule has 1 atom stereocenters. The molecule has 6 heteroatoms. The van der Waals surface area contributed by atoms with Gasteiger partial charge in [0, 0.05) is 5.92 Å². The number of para-hydroxylation sites is 1. The normalized spacial score (nSPS) is 11.6. The van der Waals surface area contributed by atoms with Crippen molar-refractivity contribution in [3.8, 4) is 0 Å². The molecular formula is C16H18FNO4. The van der Waals surface area contributed by atoms with Crippen LogP contribution in [0.4, 0.5) is 10.1 Å². The van der Waals surface area contributed by atoms with Gasteiger partial charge in [-0.15, -0.1) is 0 Å². The fraction of sp³-hybridized carbons (Fsp3) is 0.312. The number of carboxylic acid groups (broad SMARTS) is 1. The van der Waals surface area contributed by atoms with E-state index in [4.69, 9.17) is 5.11 Å². The second-order valence-corrected chi connectivity index (χ2v) is 4.90. The highest BCUT2D eigenvalue weighted by molar-refractivity contribution is 6.29. The topological polar surface area (TPSA) is 74.7 Å². The molecule has 0 aliphatic rings. The second kappa shape index (κ2) is 7.49. The summed E-state index contributed by atoms with van der Waals surface area (Å²) in [5.41, 5.74) is -1.07. The van der Waals surface area contributed by atoms with Gasteiger partial charge in [-0.25, -0.2) is 14.1 Å². The number of halogens is 1. The minimum absolute atomic E-state index is 0.275. The Labute approximate surface area is 128 Å². The third kappa shape index (κ3) is 3.78. The first-order valence-electron chi connectivity index (χ1n) is 6.86. The van der Waals surface area contributed by atoms with Gasteiger partial charge in [0.05, 0.1) is 5.69 Å². The lowest BCUT2D eigenvalue weighted by molar-refractivity contribution is -0.135. The lowest BCUT2D eigenvalue weighted by atomic mass is 10.0. The molecule has 0 heterocycles. The van der Waals surface area contributed by atoms with Gasteiger partial charge >= 0.3 is 5.97 Å². The lowest BCUT2D eigenvalue weighted by Crippen LogP contribution is -2.42. The number of carbonyl (C=O) groups excluding carboxylic acids is 2. The first kappa shape index (κ1) is 17.6. The van der Waals surface area contributed by atoms with E-state index >= 15 is 0 Å². The van der Waals surface area contributed by atoms with Gasteiger partial charge in [0.25, 0.3) is 5.91 Å². The monoisotopic (exact) mass is 307 g/mol. The zero-order chi connectivity index (χ0) is 16.9. The summed E-state index contributed by atoms with van der Waals surface area (Å²) in [6.07, 6.45) is 1.20. The number of hydrogen-bond acceptors (Lipinski definition) is 3. The molecule has 1 N–H and O–H groups in total. The van der Waals surface area contributed by atoms with Crippen LogP contribution in [-0.4, -0.2) is 22.9 Å². The van der Waals surface area contributed by atoms with Crippen LogP contribution < -0.4 is 4.90 Å². The van der Waals surface area contributed by atoms with E-state index in [1.165, 1.54) is 18.2 Å². The summed E-state index contributed by atoms with van der Waals surface area (Å²) in [5.74, 6) is -4.67. The van der Waals surface area contributed by atoms with Crippen molar-refractivity contribution in [1.29, 1.82) is 0 Å². The van der Waals surface area contributed by atoms with Crippen LogP contribution in [0.2, 0.25) is 0 Å². The predicted octanol–water partition coefficient (Wildman–Crippen LogP) is 2.76. The standard InChI is InChI=1S/C16H18FNO4/c1-4-7-10(2)14(19)18(15(20)11(3)16(21)22)13-9-6-5-8-12(13)17/h5-6,8-10H,3-4,7H2,1-2H3,(H,21,22). The van der Waals surface area contributed by atoms with Crippen LogP contribution in [-0.2, 0) is 14.4 Å². The molecular weight excluding hydrogens is 289 g/mol. The first-order chi connectivity index (χ1) is 10.3. The Hall–Kier alpha value is -2.50. The summed E-state index contributed by atoms with van der Waals surface area (Å²) in [4.78, 5) is 36.2. The van der Waals surface area contributed by atoms with Crippen molar-refractivity contribution in [2.75, 3.05) is 4.90 Å². The van der Waals surface area contributed by atoms with Crippen LogP contribution in [0.25, 0.3) is 0 Å². The van der Waals surface area contributed by atoms with E-state index < -0.39 is 35.1 Å². The smallest absolute Gasteiger partial charge is 0.340 e. The van der Waals surface area contributed by atoms with Crippen molar-refractivity contribution >= 4 is 23.5 Å². The van der Waals surface area contributed by atoms with Gasteiger partial charge in [-0.3, -0.25) is 9.59 Å². The number of benzene rings is 1. The number of carboxylic acids is 1. The first-order valence-corrected chi connectivity index (χ1v) is 6.86. The quantitative estimate of drug-likeness (QED) is 0.498. The Bertz CT molecular complexity index is 612. The maximum absolute atomic E-state index is 14.0. The molecule has 0 spiro atoms.